The van der Waals surface area contributed by atoms with Crippen molar-refractivity contribution in [3.8, 4) is 0 Å². The van der Waals surface area contributed by atoms with Crippen LogP contribution in [0.5, 0.6) is 0 Å². The number of urea groups is 1. The molecule has 5 heteroatoms. The van der Waals surface area contributed by atoms with Gasteiger partial charge in [0.2, 0.25) is 0 Å². The zero-order valence-electron chi connectivity index (χ0n) is 11.2. The van der Waals surface area contributed by atoms with Gasteiger partial charge in [0.1, 0.15) is 5.54 Å². The lowest BCUT2D eigenvalue weighted by molar-refractivity contribution is -0.148. The van der Waals surface area contributed by atoms with Crippen molar-refractivity contribution in [2.75, 3.05) is 19.6 Å². The molecule has 1 saturated heterocycles. The zero-order chi connectivity index (χ0) is 13.8. The second-order valence-electron chi connectivity index (χ2n) is 4.56. The number of nitrogens with zero attached hydrogens (tertiary/aromatic N) is 2. The van der Waals surface area contributed by atoms with Crippen LogP contribution in [0, 0.1) is 0 Å². The highest BCUT2D eigenvalue weighted by atomic mass is 16.4. The number of hydrogen-bond donors (Lipinski definition) is 1. The lowest BCUT2D eigenvalue weighted by Gasteiger charge is -2.37. The first-order valence-electron chi connectivity index (χ1n) is 6.44. The van der Waals surface area contributed by atoms with Crippen molar-refractivity contribution in [1.82, 2.24) is 9.80 Å². The monoisotopic (exact) mass is 254 g/mol. The van der Waals surface area contributed by atoms with Crippen LogP contribution in [0.2, 0.25) is 0 Å². The van der Waals surface area contributed by atoms with Gasteiger partial charge in [-0.15, -0.1) is 6.58 Å². The number of carboxylic acid groups (broad SMARTS) is 1. The molecule has 0 aromatic heterocycles. The number of hydrogen-bond acceptors (Lipinski definition) is 2. The van der Waals surface area contributed by atoms with Crippen molar-refractivity contribution < 1.29 is 14.7 Å². The highest BCUT2D eigenvalue weighted by molar-refractivity contribution is 5.87. The summed E-state index contributed by atoms with van der Waals surface area (Å²) in [6, 6.07) is -0.195. The topological polar surface area (TPSA) is 60.9 Å². The molecule has 1 fully saturated rings. The van der Waals surface area contributed by atoms with Gasteiger partial charge in [0.25, 0.3) is 0 Å². The van der Waals surface area contributed by atoms with Crippen LogP contribution >= 0.6 is 0 Å². The summed E-state index contributed by atoms with van der Waals surface area (Å²) in [5.41, 5.74) is -1.02. The molecule has 1 rings (SSSR count). The van der Waals surface area contributed by atoms with Gasteiger partial charge in [-0.2, -0.15) is 0 Å². The number of carbonyl (C=O) groups excluding carboxylic acids is 1. The van der Waals surface area contributed by atoms with Crippen molar-refractivity contribution in [1.29, 1.82) is 0 Å². The van der Waals surface area contributed by atoms with E-state index >= 15 is 0 Å². The zero-order valence-corrected chi connectivity index (χ0v) is 11.2. The maximum absolute atomic E-state index is 12.4. The van der Waals surface area contributed by atoms with E-state index in [1.54, 1.807) is 11.0 Å². The first kappa shape index (κ1) is 14.5. The molecule has 5 nitrogen and oxygen atoms in total. The number of aliphatic carboxylic acids is 1. The van der Waals surface area contributed by atoms with Crippen LogP contribution in [-0.4, -0.2) is 52.1 Å². The van der Waals surface area contributed by atoms with E-state index in [-0.39, 0.29) is 6.03 Å². The molecule has 18 heavy (non-hydrogen) atoms. The Hall–Kier alpha value is -1.52. The van der Waals surface area contributed by atoms with Gasteiger partial charge in [-0.3, -0.25) is 0 Å². The number of rotatable bonds is 5. The predicted octanol–water partition coefficient (Wildman–Crippen LogP) is 1.94. The second-order valence-corrected chi connectivity index (χ2v) is 4.56. The molecular weight excluding hydrogens is 232 g/mol. The molecule has 0 aromatic carbocycles. The van der Waals surface area contributed by atoms with Crippen molar-refractivity contribution in [3.63, 3.8) is 0 Å². The fourth-order valence-corrected chi connectivity index (χ4v) is 2.57. The fraction of sp³-hybridized carbons (Fsp3) is 0.692. The van der Waals surface area contributed by atoms with Gasteiger partial charge in [-0.25, -0.2) is 9.59 Å². The minimum absolute atomic E-state index is 0.195. The summed E-state index contributed by atoms with van der Waals surface area (Å²) in [7, 11) is 0. The first-order valence-corrected chi connectivity index (χ1v) is 6.44. The van der Waals surface area contributed by atoms with Crippen molar-refractivity contribution in [2.24, 2.45) is 0 Å². The highest BCUT2D eigenvalue weighted by Gasteiger charge is 2.49. The van der Waals surface area contributed by atoms with E-state index in [0.29, 0.717) is 32.5 Å². The van der Waals surface area contributed by atoms with Gasteiger partial charge in [-0.1, -0.05) is 13.0 Å². The molecule has 2 amide bonds. The van der Waals surface area contributed by atoms with E-state index in [1.807, 2.05) is 13.8 Å². The van der Waals surface area contributed by atoms with Crippen LogP contribution in [0.3, 0.4) is 0 Å². The molecule has 0 aromatic rings. The molecule has 1 N–H and O–H groups in total. The van der Waals surface area contributed by atoms with Crippen LogP contribution in [0.15, 0.2) is 12.7 Å². The SMILES string of the molecule is C=CCN(CC)C(=O)N1CCCC1(CC)C(=O)O. The Bertz CT molecular complexity index is 343. The lowest BCUT2D eigenvalue weighted by atomic mass is 9.93. The Morgan fingerprint density at radius 1 is 1.50 bits per heavy atom. The number of amides is 2. The van der Waals surface area contributed by atoms with E-state index in [1.165, 1.54) is 4.90 Å². The molecule has 1 heterocycles. The number of carboxylic acids is 1. The fourth-order valence-electron chi connectivity index (χ4n) is 2.57. The average Bonchev–Trinajstić information content (AvgIpc) is 2.80. The Morgan fingerprint density at radius 2 is 2.17 bits per heavy atom. The van der Waals surface area contributed by atoms with Crippen molar-refractivity contribution >= 4 is 12.0 Å². The Morgan fingerprint density at radius 3 is 2.61 bits per heavy atom. The van der Waals surface area contributed by atoms with E-state index in [0.717, 1.165) is 6.42 Å². The molecule has 0 bridgehead atoms. The van der Waals surface area contributed by atoms with E-state index in [4.69, 9.17) is 0 Å². The van der Waals surface area contributed by atoms with Crippen molar-refractivity contribution in [2.45, 2.75) is 38.6 Å². The summed E-state index contributed by atoms with van der Waals surface area (Å²) in [6.07, 6.45) is 3.39. The van der Waals surface area contributed by atoms with Gasteiger partial charge in [-0.05, 0) is 26.2 Å². The van der Waals surface area contributed by atoms with E-state index in [2.05, 4.69) is 6.58 Å². The summed E-state index contributed by atoms with van der Waals surface area (Å²) >= 11 is 0. The normalized spacial score (nSPS) is 22.9. The summed E-state index contributed by atoms with van der Waals surface area (Å²) in [5.74, 6) is -0.898. The summed E-state index contributed by atoms with van der Waals surface area (Å²) in [4.78, 5) is 27.0. The lowest BCUT2D eigenvalue weighted by Crippen LogP contribution is -2.56. The first-order chi connectivity index (χ1) is 8.53. The smallest absolute Gasteiger partial charge is 0.329 e. The molecule has 0 spiro atoms. The third-order valence-corrected chi connectivity index (χ3v) is 3.70. The van der Waals surface area contributed by atoms with Crippen LogP contribution in [0.25, 0.3) is 0 Å². The average molecular weight is 254 g/mol. The van der Waals surface area contributed by atoms with Gasteiger partial charge in [0, 0.05) is 19.6 Å². The second kappa shape index (κ2) is 5.89. The maximum Gasteiger partial charge on any atom is 0.329 e. The molecule has 0 saturated carbocycles. The molecular formula is C13H22N2O3. The summed E-state index contributed by atoms with van der Waals surface area (Å²) in [6.45, 7) is 8.85. The molecule has 102 valence electrons. The van der Waals surface area contributed by atoms with Gasteiger partial charge in [0.05, 0.1) is 0 Å². The Labute approximate surface area is 108 Å². The molecule has 0 radical (unpaired) electrons. The van der Waals surface area contributed by atoms with Crippen molar-refractivity contribution in [3.05, 3.63) is 12.7 Å². The van der Waals surface area contributed by atoms with Crippen LogP contribution in [0.1, 0.15) is 33.1 Å². The third kappa shape index (κ3) is 2.35. The maximum atomic E-state index is 12.4. The summed E-state index contributed by atoms with van der Waals surface area (Å²) < 4.78 is 0. The van der Waals surface area contributed by atoms with Crippen LogP contribution in [0.4, 0.5) is 4.79 Å². The summed E-state index contributed by atoms with van der Waals surface area (Å²) in [5, 5.41) is 9.43. The number of carbonyl (C=O) groups is 2. The Kier molecular flexibility index (Phi) is 4.76. The molecule has 1 unspecified atom stereocenters. The van der Waals surface area contributed by atoms with Crippen LogP contribution in [-0.2, 0) is 4.79 Å². The van der Waals surface area contributed by atoms with Gasteiger partial charge < -0.3 is 14.9 Å². The van der Waals surface area contributed by atoms with E-state index in [9.17, 15) is 14.7 Å². The molecule has 1 aliphatic heterocycles. The predicted molar refractivity (Wildman–Crippen MR) is 69.4 cm³/mol. The highest BCUT2D eigenvalue weighted by Crippen LogP contribution is 2.33. The quantitative estimate of drug-likeness (QED) is 0.763. The minimum atomic E-state index is -1.02. The largest absolute Gasteiger partial charge is 0.479 e. The number of likely N-dealkylation sites (N-methyl/N-ethyl adjacent to an activating group) is 1. The Balaban J connectivity index is 2.95. The number of likely N-dealkylation sites (tertiary alicyclic amines) is 1. The molecule has 1 aliphatic rings. The van der Waals surface area contributed by atoms with Gasteiger partial charge in [0.15, 0.2) is 0 Å². The van der Waals surface area contributed by atoms with Gasteiger partial charge >= 0.3 is 12.0 Å². The standard InChI is InChI=1S/C13H22N2O3/c1-4-9-14(6-3)12(18)15-10-7-8-13(15,5-2)11(16)17/h4H,1,5-10H2,2-3H3,(H,16,17). The molecule has 1 atom stereocenters. The molecule has 0 aliphatic carbocycles. The third-order valence-electron chi connectivity index (χ3n) is 3.70. The minimum Gasteiger partial charge on any atom is -0.479 e. The van der Waals surface area contributed by atoms with Crippen LogP contribution < -0.4 is 0 Å². The van der Waals surface area contributed by atoms with E-state index < -0.39 is 11.5 Å².